The summed E-state index contributed by atoms with van der Waals surface area (Å²) in [5, 5.41) is 3.47. The number of hydrogen-bond acceptors (Lipinski definition) is 3. The van der Waals surface area contributed by atoms with Crippen molar-refractivity contribution in [3.8, 4) is 0 Å². The van der Waals surface area contributed by atoms with Gasteiger partial charge in [0, 0.05) is 30.4 Å². The molecule has 0 saturated heterocycles. The van der Waals surface area contributed by atoms with E-state index in [9.17, 15) is 0 Å². The van der Waals surface area contributed by atoms with Crippen LogP contribution in [0.1, 0.15) is 47.1 Å². The summed E-state index contributed by atoms with van der Waals surface area (Å²) in [6, 6.07) is 4.23. The Kier molecular flexibility index (Phi) is 5.35. The summed E-state index contributed by atoms with van der Waals surface area (Å²) in [5.74, 6) is 0.997. The van der Waals surface area contributed by atoms with Gasteiger partial charge in [0.15, 0.2) is 0 Å². The Labute approximate surface area is 124 Å². The van der Waals surface area contributed by atoms with E-state index in [0.29, 0.717) is 0 Å². The van der Waals surface area contributed by atoms with Crippen LogP contribution < -0.4 is 10.2 Å². The second-order valence-electron chi connectivity index (χ2n) is 7.20. The van der Waals surface area contributed by atoms with Crippen molar-refractivity contribution < 1.29 is 0 Å². The molecule has 0 saturated carbocycles. The maximum absolute atomic E-state index is 4.60. The van der Waals surface area contributed by atoms with Crippen LogP contribution in [0.2, 0.25) is 0 Å². The van der Waals surface area contributed by atoms with Gasteiger partial charge in [0.25, 0.3) is 0 Å². The molecule has 0 aliphatic heterocycles. The lowest BCUT2D eigenvalue weighted by molar-refractivity contribution is 0.424. The quantitative estimate of drug-likeness (QED) is 0.829. The van der Waals surface area contributed by atoms with Crippen LogP contribution in [-0.4, -0.2) is 22.6 Å². The van der Waals surface area contributed by atoms with Gasteiger partial charge < -0.3 is 10.2 Å². The van der Waals surface area contributed by atoms with E-state index in [0.717, 1.165) is 18.9 Å². The maximum Gasteiger partial charge on any atom is 0.129 e. The predicted octanol–water partition coefficient (Wildman–Crippen LogP) is 3.76. The molecule has 0 bridgehead atoms. The molecule has 0 aliphatic carbocycles. The van der Waals surface area contributed by atoms with Crippen molar-refractivity contribution in [3.63, 3.8) is 0 Å². The van der Waals surface area contributed by atoms with Crippen LogP contribution in [0.15, 0.2) is 31.0 Å². The molecule has 20 heavy (non-hydrogen) atoms. The Balaban J connectivity index is 2.81. The lowest BCUT2D eigenvalue weighted by Crippen LogP contribution is -2.42. The zero-order chi connectivity index (χ0) is 15.4. The summed E-state index contributed by atoms with van der Waals surface area (Å²) in [5.41, 5.74) is 1.36. The fraction of sp³-hybridized carbons (Fsp3) is 0.588. The Morgan fingerprint density at radius 2 is 1.85 bits per heavy atom. The molecule has 0 aliphatic rings. The average Bonchev–Trinajstić information content (AvgIpc) is 2.32. The molecule has 112 valence electrons. The lowest BCUT2D eigenvalue weighted by Gasteiger charge is -2.36. The number of aromatic nitrogens is 1. The van der Waals surface area contributed by atoms with Crippen molar-refractivity contribution >= 4 is 5.82 Å². The first kappa shape index (κ1) is 16.7. The maximum atomic E-state index is 4.60. The smallest absolute Gasteiger partial charge is 0.129 e. The standard InChI is InChI=1S/C17H29N3/c1-8-11-20(17(5,6)7)15-10-9-14(12-18-15)13-19-16(2,3)4/h8-10,12,19H,1,11,13H2,2-7H3. The molecule has 0 spiro atoms. The summed E-state index contributed by atoms with van der Waals surface area (Å²) in [7, 11) is 0. The SMILES string of the molecule is C=CCN(c1ccc(CNC(C)(C)C)cn1)C(C)(C)C. The molecular weight excluding hydrogens is 246 g/mol. The van der Waals surface area contributed by atoms with Gasteiger partial charge in [-0.2, -0.15) is 0 Å². The van der Waals surface area contributed by atoms with E-state index in [4.69, 9.17) is 0 Å². The first-order valence-corrected chi connectivity index (χ1v) is 7.22. The molecule has 3 heteroatoms. The third kappa shape index (κ3) is 5.33. The number of nitrogens with one attached hydrogen (secondary N) is 1. The number of anilines is 1. The number of nitrogens with zero attached hydrogens (tertiary/aromatic N) is 2. The van der Waals surface area contributed by atoms with Gasteiger partial charge in [-0.3, -0.25) is 0 Å². The van der Waals surface area contributed by atoms with E-state index in [-0.39, 0.29) is 11.1 Å². The highest BCUT2D eigenvalue weighted by Gasteiger charge is 2.21. The summed E-state index contributed by atoms with van der Waals surface area (Å²) in [6.07, 6.45) is 3.87. The highest BCUT2D eigenvalue weighted by Crippen LogP contribution is 2.21. The molecular formula is C17H29N3. The van der Waals surface area contributed by atoms with Crippen molar-refractivity contribution in [3.05, 3.63) is 36.5 Å². The van der Waals surface area contributed by atoms with Crippen molar-refractivity contribution in [2.24, 2.45) is 0 Å². The van der Waals surface area contributed by atoms with Gasteiger partial charge in [-0.1, -0.05) is 12.1 Å². The molecule has 1 heterocycles. The minimum atomic E-state index is 0.0341. The van der Waals surface area contributed by atoms with Crippen LogP contribution in [0, 0.1) is 0 Å². The Morgan fingerprint density at radius 3 is 2.25 bits per heavy atom. The van der Waals surface area contributed by atoms with Gasteiger partial charge in [-0.25, -0.2) is 4.98 Å². The first-order chi connectivity index (χ1) is 9.13. The molecule has 1 rings (SSSR count). The van der Waals surface area contributed by atoms with E-state index in [1.54, 1.807) is 0 Å². The van der Waals surface area contributed by atoms with Gasteiger partial charge in [-0.05, 0) is 53.2 Å². The van der Waals surface area contributed by atoms with E-state index in [2.05, 4.69) is 75.5 Å². The highest BCUT2D eigenvalue weighted by atomic mass is 15.2. The summed E-state index contributed by atoms with van der Waals surface area (Å²) >= 11 is 0. The normalized spacial score (nSPS) is 12.3. The van der Waals surface area contributed by atoms with Gasteiger partial charge in [0.2, 0.25) is 0 Å². The summed E-state index contributed by atoms with van der Waals surface area (Å²) in [4.78, 5) is 6.85. The highest BCUT2D eigenvalue weighted by molar-refractivity contribution is 5.42. The van der Waals surface area contributed by atoms with Crippen molar-refractivity contribution in [2.45, 2.75) is 59.2 Å². The van der Waals surface area contributed by atoms with Gasteiger partial charge in [-0.15, -0.1) is 6.58 Å². The van der Waals surface area contributed by atoms with Crippen LogP contribution in [-0.2, 0) is 6.54 Å². The van der Waals surface area contributed by atoms with Gasteiger partial charge >= 0.3 is 0 Å². The average molecular weight is 275 g/mol. The van der Waals surface area contributed by atoms with Crippen molar-refractivity contribution in [2.75, 3.05) is 11.4 Å². The molecule has 0 radical (unpaired) electrons. The molecule has 1 aromatic rings. The molecule has 1 aromatic heterocycles. The Hall–Kier alpha value is -1.35. The van der Waals surface area contributed by atoms with E-state index in [1.165, 1.54) is 5.56 Å². The molecule has 0 amide bonds. The number of pyridine rings is 1. The van der Waals surface area contributed by atoms with Crippen molar-refractivity contribution in [1.29, 1.82) is 0 Å². The van der Waals surface area contributed by atoms with Crippen LogP contribution in [0.4, 0.5) is 5.82 Å². The van der Waals surface area contributed by atoms with Gasteiger partial charge in [0.1, 0.15) is 5.82 Å². The number of hydrogen-bond donors (Lipinski definition) is 1. The Morgan fingerprint density at radius 1 is 1.20 bits per heavy atom. The molecule has 1 N–H and O–H groups in total. The zero-order valence-electron chi connectivity index (χ0n) is 13.8. The molecule has 0 aromatic carbocycles. The third-order valence-electron chi connectivity index (χ3n) is 3.03. The largest absolute Gasteiger partial charge is 0.348 e. The van der Waals surface area contributed by atoms with Gasteiger partial charge in [0.05, 0.1) is 0 Å². The van der Waals surface area contributed by atoms with Crippen LogP contribution in [0.3, 0.4) is 0 Å². The lowest BCUT2D eigenvalue weighted by atomic mass is 10.1. The summed E-state index contributed by atoms with van der Waals surface area (Å²) in [6.45, 7) is 18.5. The van der Waals surface area contributed by atoms with Crippen LogP contribution in [0.25, 0.3) is 0 Å². The second-order valence-corrected chi connectivity index (χ2v) is 7.20. The minimum absolute atomic E-state index is 0.0341. The number of rotatable bonds is 5. The van der Waals surface area contributed by atoms with E-state index in [1.807, 2.05) is 12.3 Å². The fourth-order valence-electron chi connectivity index (χ4n) is 1.89. The molecule has 3 nitrogen and oxygen atoms in total. The van der Waals surface area contributed by atoms with E-state index >= 15 is 0 Å². The Bertz CT molecular complexity index is 421. The zero-order valence-corrected chi connectivity index (χ0v) is 13.8. The molecule has 0 fully saturated rings. The third-order valence-corrected chi connectivity index (χ3v) is 3.03. The first-order valence-electron chi connectivity index (χ1n) is 7.22. The molecule has 0 unspecified atom stereocenters. The molecule has 0 atom stereocenters. The minimum Gasteiger partial charge on any atom is -0.348 e. The van der Waals surface area contributed by atoms with Crippen LogP contribution in [0.5, 0.6) is 0 Å². The fourth-order valence-corrected chi connectivity index (χ4v) is 1.89. The topological polar surface area (TPSA) is 28.2 Å². The van der Waals surface area contributed by atoms with E-state index < -0.39 is 0 Å². The predicted molar refractivity (Wildman–Crippen MR) is 88.1 cm³/mol. The van der Waals surface area contributed by atoms with Crippen molar-refractivity contribution in [1.82, 2.24) is 10.3 Å². The monoisotopic (exact) mass is 275 g/mol. The van der Waals surface area contributed by atoms with Crippen LogP contribution >= 0.6 is 0 Å². The second kappa shape index (κ2) is 6.40. The summed E-state index contributed by atoms with van der Waals surface area (Å²) < 4.78 is 0.